The van der Waals surface area contributed by atoms with Crippen molar-refractivity contribution in [2.45, 2.75) is 0 Å². The van der Waals surface area contributed by atoms with Crippen molar-refractivity contribution in [1.82, 2.24) is 0 Å². The van der Waals surface area contributed by atoms with E-state index in [1.54, 1.807) is 0 Å². The summed E-state index contributed by atoms with van der Waals surface area (Å²) in [6, 6.07) is 0. The van der Waals surface area contributed by atoms with Gasteiger partial charge in [0, 0.05) is 19.5 Å². The first-order valence-corrected chi connectivity index (χ1v) is 3.54. The van der Waals surface area contributed by atoms with Gasteiger partial charge in [-0.15, -0.1) is 0 Å². The molecule has 16 heteroatoms. The van der Waals surface area contributed by atoms with E-state index in [0.29, 0.717) is 0 Å². The minimum Gasteiger partial charge on any atom is -0.545 e. The van der Waals surface area contributed by atoms with Crippen molar-refractivity contribution >= 4 is 102 Å². The van der Waals surface area contributed by atoms with Crippen molar-refractivity contribution in [2.24, 2.45) is 0 Å². The van der Waals surface area contributed by atoms with E-state index >= 15 is 0 Å². The first-order valence-electron chi connectivity index (χ1n) is 3.54. The molecule has 0 bridgehead atoms. The standard InChI is InChI=1S/15CHO.Ru/c15*1-2;/h15*1H;/q15*-1;. The van der Waals surface area contributed by atoms with Crippen molar-refractivity contribution in [3.8, 4) is 0 Å². The molecular weight excluding hydrogens is 521 g/mol. The molecule has 0 aromatic carbocycles. The molecule has 0 aromatic heterocycles. The second kappa shape index (κ2) is 835. The summed E-state index contributed by atoms with van der Waals surface area (Å²) >= 11 is 0. The summed E-state index contributed by atoms with van der Waals surface area (Å²) < 4.78 is 0. The van der Waals surface area contributed by atoms with Crippen LogP contribution in [0.1, 0.15) is 0 Å². The van der Waals surface area contributed by atoms with Crippen LogP contribution < -0.4 is 0 Å². The third-order valence-corrected chi connectivity index (χ3v) is 0. The Morgan fingerprint density at radius 3 is 0.129 bits per heavy atom. The summed E-state index contributed by atoms with van der Waals surface area (Å²) in [7, 11) is 0. The Bertz CT molecular complexity index is 95.0. The van der Waals surface area contributed by atoms with E-state index in [2.05, 4.69) is 102 Å². The zero-order valence-electron chi connectivity index (χ0n) is 15.1. The molecule has 0 N–H and O–H groups in total. The molecule has 0 fully saturated rings. The van der Waals surface area contributed by atoms with Crippen LogP contribution >= 0.6 is 0 Å². The quantitative estimate of drug-likeness (QED) is 0.162. The smallest absolute Gasteiger partial charge is 0 e. The van der Waals surface area contributed by atoms with Gasteiger partial charge >= 0.3 is 0 Å². The summed E-state index contributed by atoms with van der Waals surface area (Å²) in [5, 5.41) is 0. The van der Waals surface area contributed by atoms with Gasteiger partial charge < -0.3 is 71.9 Å². The fourth-order valence-electron chi connectivity index (χ4n) is 0. The molecule has 0 saturated carbocycles. The summed E-state index contributed by atoms with van der Waals surface area (Å²) in [6.45, 7) is 48.8. The van der Waals surface area contributed by atoms with Gasteiger partial charge in [0.25, 0.3) is 0 Å². The maximum absolute atomic E-state index is 7.75. The van der Waals surface area contributed by atoms with E-state index in [9.17, 15) is 0 Å². The van der Waals surface area contributed by atoms with Crippen molar-refractivity contribution in [2.75, 3.05) is 0 Å². The van der Waals surface area contributed by atoms with Crippen LogP contribution in [0, 0.1) is 0 Å². The van der Waals surface area contributed by atoms with Gasteiger partial charge in [-0.1, -0.05) is 0 Å². The predicted molar refractivity (Wildman–Crippen MR) is 101 cm³/mol. The maximum atomic E-state index is 7.75. The van der Waals surface area contributed by atoms with Gasteiger partial charge in [-0.25, -0.2) is 0 Å². The van der Waals surface area contributed by atoms with Gasteiger partial charge in [-0.2, -0.15) is 0 Å². The third kappa shape index (κ3) is 769. The second-order valence-corrected chi connectivity index (χ2v) is 0. The largest absolute Gasteiger partial charge is 0.545 e. The van der Waals surface area contributed by atoms with Crippen LogP contribution in [0.5, 0.6) is 0 Å². The Hall–Kier alpha value is -4.33. The SMILES string of the molecule is [CH-]=O.[CH-]=O.[CH-]=O.[CH-]=O.[CH-]=O.[CH-]=O.[CH-]=O.[CH-]=O.[CH-]=O.[CH-]=O.[CH-]=O.[CH-]=O.[CH-]=O.[CH-]=O.[CH-]=O.[Ru]. The second-order valence-electron chi connectivity index (χ2n) is 0. The van der Waals surface area contributed by atoms with Crippen LogP contribution in [0.3, 0.4) is 0 Å². The number of rotatable bonds is 0. The molecule has 0 unspecified atom stereocenters. The van der Waals surface area contributed by atoms with Gasteiger partial charge in [0.2, 0.25) is 0 Å². The average molecular weight is 536 g/mol. The minimum absolute atomic E-state index is 0. The van der Waals surface area contributed by atoms with E-state index in [0.717, 1.165) is 0 Å². The Kier molecular flexibility index (Phi) is 4160. The molecule has 0 aliphatic rings. The van der Waals surface area contributed by atoms with Gasteiger partial charge in [0.15, 0.2) is 0 Å². The summed E-state index contributed by atoms with van der Waals surface area (Å²) in [5.74, 6) is 0. The average Bonchev–Trinajstić information content (AvgIpc) is 3.00. The molecule has 0 spiro atoms. The molecule has 0 aliphatic heterocycles. The molecule has 0 rings (SSSR count). The van der Waals surface area contributed by atoms with E-state index in [-0.39, 0.29) is 19.5 Å². The zero-order valence-corrected chi connectivity index (χ0v) is 16.9. The predicted octanol–water partition coefficient (Wildman–Crippen LogP) is -4.11. The van der Waals surface area contributed by atoms with Crippen LogP contribution in [0.2, 0.25) is 0 Å². The molecule has 0 heterocycles. The van der Waals surface area contributed by atoms with Gasteiger partial charge in [-0.3, -0.25) is 102 Å². The molecule has 0 saturated heterocycles. The first kappa shape index (κ1) is 154. The maximum Gasteiger partial charge on any atom is 0 e. The van der Waals surface area contributed by atoms with E-state index < -0.39 is 0 Å². The van der Waals surface area contributed by atoms with Gasteiger partial charge in [0.1, 0.15) is 0 Å². The van der Waals surface area contributed by atoms with Crippen molar-refractivity contribution in [3.63, 3.8) is 0 Å². The fraction of sp³-hybridized carbons (Fsp3) is 0. The molecule has 0 aliphatic carbocycles. The Labute approximate surface area is 193 Å². The fourth-order valence-corrected chi connectivity index (χ4v) is 0. The van der Waals surface area contributed by atoms with Gasteiger partial charge in [-0.05, 0) is 0 Å². The third-order valence-electron chi connectivity index (χ3n) is 0. The monoisotopic (exact) mass is 537 g/mol. The van der Waals surface area contributed by atoms with E-state index in [1.807, 2.05) is 0 Å². The molecule has 0 amide bonds. The minimum atomic E-state index is 0. The Morgan fingerprint density at radius 2 is 0.129 bits per heavy atom. The Morgan fingerprint density at radius 1 is 0.129 bits per heavy atom. The van der Waals surface area contributed by atoms with Crippen molar-refractivity contribution < 1.29 is 91.4 Å². The number of hydrogen-bond acceptors (Lipinski definition) is 15. The number of hydrogen-bond donors (Lipinski definition) is 0. The summed E-state index contributed by atoms with van der Waals surface area (Å²) in [6.07, 6.45) is 0. The van der Waals surface area contributed by atoms with Crippen molar-refractivity contribution in [1.29, 1.82) is 0 Å². The molecule has 15 nitrogen and oxygen atoms in total. The van der Waals surface area contributed by atoms with E-state index in [1.165, 1.54) is 0 Å². The van der Waals surface area contributed by atoms with E-state index in [4.69, 9.17) is 71.9 Å². The normalized spacial score (nSPS) is 1.94. The molecule has 0 radical (unpaired) electrons. The van der Waals surface area contributed by atoms with Gasteiger partial charge in [0.05, 0.1) is 0 Å². The summed E-state index contributed by atoms with van der Waals surface area (Å²) in [5.41, 5.74) is 0. The van der Waals surface area contributed by atoms with Crippen LogP contribution in [-0.2, 0) is 91.4 Å². The molecule has 188 valence electrons. The topological polar surface area (TPSA) is 256 Å². The van der Waals surface area contributed by atoms with Crippen molar-refractivity contribution in [3.05, 3.63) is 0 Å². The zero-order chi connectivity index (χ0) is 30.0. The van der Waals surface area contributed by atoms with Crippen LogP contribution in [-0.4, -0.2) is 102 Å². The van der Waals surface area contributed by atoms with Crippen LogP contribution in [0.15, 0.2) is 0 Å². The molecule has 31 heavy (non-hydrogen) atoms. The number of carbonyl (C=O) groups excluding carboxylic acids is 15. The first-order chi connectivity index (χ1) is 15.0. The van der Waals surface area contributed by atoms with Crippen LogP contribution in [0.25, 0.3) is 0 Å². The van der Waals surface area contributed by atoms with Crippen LogP contribution in [0.4, 0.5) is 0 Å². The summed E-state index contributed by atoms with van der Waals surface area (Å²) in [4.78, 5) is 116. The Balaban J connectivity index is -0.00000000554. The molecule has 0 aromatic rings. The molecule has 0 atom stereocenters. The molecular formula is C15H15O15Ru-15.